The number of sulfonamides is 1. The summed E-state index contributed by atoms with van der Waals surface area (Å²) in [4.78, 5) is 16.7. The van der Waals surface area contributed by atoms with Gasteiger partial charge in [0.1, 0.15) is 0 Å². The summed E-state index contributed by atoms with van der Waals surface area (Å²) in [7, 11) is -0.682. The second kappa shape index (κ2) is 7.95. The van der Waals surface area contributed by atoms with Crippen molar-refractivity contribution in [3.05, 3.63) is 78.4 Å². The van der Waals surface area contributed by atoms with Crippen molar-refractivity contribution < 1.29 is 13.2 Å². The zero-order chi connectivity index (χ0) is 20.3. The zero-order valence-electron chi connectivity index (χ0n) is 15.9. The first-order valence-electron chi connectivity index (χ1n) is 8.71. The molecular weight excluding hydrogens is 376 g/mol. The van der Waals surface area contributed by atoms with E-state index in [1.54, 1.807) is 24.7 Å². The van der Waals surface area contributed by atoms with Crippen LogP contribution >= 0.6 is 0 Å². The summed E-state index contributed by atoms with van der Waals surface area (Å²) in [6.45, 7) is 1.88. The third-order valence-electron chi connectivity index (χ3n) is 4.42. The molecule has 146 valence electrons. The number of carbonyl (C=O) groups excluding carboxylic acids is 1. The van der Waals surface area contributed by atoms with Gasteiger partial charge in [0.25, 0.3) is 5.91 Å². The van der Waals surface area contributed by atoms with Crippen LogP contribution in [0.5, 0.6) is 0 Å². The molecule has 0 unspecified atom stereocenters. The van der Waals surface area contributed by atoms with Gasteiger partial charge >= 0.3 is 0 Å². The van der Waals surface area contributed by atoms with E-state index in [-0.39, 0.29) is 16.8 Å². The third kappa shape index (κ3) is 4.13. The van der Waals surface area contributed by atoms with Crippen LogP contribution < -0.4 is 5.32 Å². The summed E-state index contributed by atoms with van der Waals surface area (Å²) in [5.74, 6) is -0.331. The van der Waals surface area contributed by atoms with Gasteiger partial charge in [-0.25, -0.2) is 17.7 Å². The normalized spacial score (nSPS) is 12.7. The molecule has 0 aliphatic carbocycles. The van der Waals surface area contributed by atoms with Gasteiger partial charge in [-0.15, -0.1) is 0 Å². The number of hydrogen-bond donors (Lipinski definition) is 1. The smallest absolute Gasteiger partial charge is 0.251 e. The van der Waals surface area contributed by atoms with Gasteiger partial charge in [-0.3, -0.25) is 4.79 Å². The van der Waals surface area contributed by atoms with Gasteiger partial charge in [0.2, 0.25) is 10.0 Å². The topological polar surface area (TPSA) is 84.3 Å². The molecule has 1 N–H and O–H groups in total. The predicted octanol–water partition coefficient (Wildman–Crippen LogP) is 2.61. The molecule has 28 heavy (non-hydrogen) atoms. The van der Waals surface area contributed by atoms with Crippen LogP contribution in [0.15, 0.2) is 72.1 Å². The standard InChI is InChI=1S/C20H22N4O3S/c1-15(16-7-9-18(10-8-16)24-12-11-21-14-24)22-20(25)17-5-4-6-19(13-17)28(26,27)23(2)3/h4-15H,1-3H3,(H,22,25)/t15-/m1/s1. The molecule has 0 aliphatic rings. The van der Waals surface area contributed by atoms with Crippen LogP contribution in [0.2, 0.25) is 0 Å². The number of imidazole rings is 1. The maximum atomic E-state index is 12.6. The van der Waals surface area contributed by atoms with Gasteiger partial charge in [0.15, 0.2) is 0 Å². The molecule has 1 aromatic heterocycles. The number of hydrogen-bond acceptors (Lipinski definition) is 4. The Kier molecular flexibility index (Phi) is 5.62. The Morgan fingerprint density at radius 1 is 1.14 bits per heavy atom. The van der Waals surface area contributed by atoms with Gasteiger partial charge in [0.05, 0.1) is 17.3 Å². The van der Waals surface area contributed by atoms with E-state index in [1.165, 1.54) is 26.2 Å². The minimum Gasteiger partial charge on any atom is -0.346 e. The Hall–Kier alpha value is -2.97. The maximum absolute atomic E-state index is 12.6. The molecule has 2 aromatic carbocycles. The Labute approximate surface area is 164 Å². The number of rotatable bonds is 6. The lowest BCUT2D eigenvalue weighted by molar-refractivity contribution is 0.0939. The molecule has 3 aromatic rings. The molecule has 0 bridgehead atoms. The average molecular weight is 398 g/mol. The Morgan fingerprint density at radius 3 is 2.46 bits per heavy atom. The minimum atomic E-state index is -3.59. The second-order valence-corrected chi connectivity index (χ2v) is 8.72. The fourth-order valence-electron chi connectivity index (χ4n) is 2.72. The molecule has 7 nitrogen and oxygen atoms in total. The van der Waals surface area contributed by atoms with Crippen LogP contribution in [-0.4, -0.2) is 42.3 Å². The largest absolute Gasteiger partial charge is 0.346 e. The first kappa shape index (κ1) is 19.8. The van der Waals surface area contributed by atoms with Crippen molar-refractivity contribution in [2.75, 3.05) is 14.1 Å². The summed E-state index contributed by atoms with van der Waals surface area (Å²) in [6.07, 6.45) is 5.28. The number of benzene rings is 2. The minimum absolute atomic E-state index is 0.0856. The van der Waals surface area contributed by atoms with Gasteiger partial charge in [-0.05, 0) is 42.8 Å². The first-order valence-corrected chi connectivity index (χ1v) is 10.1. The molecule has 1 heterocycles. The van der Waals surface area contributed by atoms with Crippen LogP contribution in [-0.2, 0) is 10.0 Å². The molecule has 0 saturated carbocycles. The number of nitrogens with one attached hydrogen (secondary N) is 1. The van der Waals surface area contributed by atoms with Gasteiger partial charge in [-0.1, -0.05) is 18.2 Å². The molecule has 0 fully saturated rings. The lowest BCUT2D eigenvalue weighted by Crippen LogP contribution is -2.27. The summed E-state index contributed by atoms with van der Waals surface area (Å²) in [5.41, 5.74) is 2.21. The number of carbonyl (C=O) groups is 1. The van der Waals surface area contributed by atoms with Crippen molar-refractivity contribution in [3.8, 4) is 5.69 Å². The molecule has 3 rings (SSSR count). The van der Waals surface area contributed by atoms with Crippen LogP contribution in [0.3, 0.4) is 0 Å². The molecule has 1 amide bonds. The number of amides is 1. The predicted molar refractivity (Wildman–Crippen MR) is 107 cm³/mol. The van der Waals surface area contributed by atoms with Crippen molar-refractivity contribution in [1.82, 2.24) is 19.2 Å². The van der Waals surface area contributed by atoms with E-state index in [4.69, 9.17) is 0 Å². The zero-order valence-corrected chi connectivity index (χ0v) is 16.7. The lowest BCUT2D eigenvalue weighted by atomic mass is 10.1. The number of nitrogens with zero attached hydrogens (tertiary/aromatic N) is 3. The molecule has 8 heteroatoms. The van der Waals surface area contributed by atoms with E-state index in [9.17, 15) is 13.2 Å². The summed E-state index contributed by atoms with van der Waals surface area (Å²) in [5, 5.41) is 2.91. The number of aromatic nitrogens is 2. The Bertz CT molecular complexity index is 1060. The summed E-state index contributed by atoms with van der Waals surface area (Å²) < 4.78 is 27.5. The van der Waals surface area contributed by atoms with Crippen molar-refractivity contribution >= 4 is 15.9 Å². The molecule has 0 saturated heterocycles. The molecule has 0 spiro atoms. The van der Waals surface area contributed by atoms with E-state index in [2.05, 4.69) is 10.3 Å². The molecular formula is C20H22N4O3S. The molecule has 1 atom stereocenters. The van der Waals surface area contributed by atoms with E-state index < -0.39 is 10.0 Å². The third-order valence-corrected chi connectivity index (χ3v) is 6.23. The monoisotopic (exact) mass is 398 g/mol. The first-order chi connectivity index (χ1) is 13.3. The highest BCUT2D eigenvalue weighted by molar-refractivity contribution is 7.89. The molecule has 0 radical (unpaired) electrons. The van der Waals surface area contributed by atoms with Crippen LogP contribution in [0.4, 0.5) is 0 Å². The van der Waals surface area contributed by atoms with E-state index in [1.807, 2.05) is 42.0 Å². The quantitative estimate of drug-likeness (QED) is 0.692. The average Bonchev–Trinajstić information content (AvgIpc) is 3.23. The van der Waals surface area contributed by atoms with Gasteiger partial charge in [-0.2, -0.15) is 0 Å². The van der Waals surface area contributed by atoms with Crippen molar-refractivity contribution in [2.24, 2.45) is 0 Å². The fraction of sp³-hybridized carbons (Fsp3) is 0.200. The Morgan fingerprint density at radius 2 is 1.86 bits per heavy atom. The highest BCUT2D eigenvalue weighted by atomic mass is 32.2. The second-order valence-electron chi connectivity index (χ2n) is 6.57. The van der Waals surface area contributed by atoms with Gasteiger partial charge in [0, 0.05) is 37.7 Å². The summed E-state index contributed by atoms with van der Waals surface area (Å²) >= 11 is 0. The SMILES string of the molecule is C[C@@H](NC(=O)c1cccc(S(=O)(=O)N(C)C)c1)c1ccc(-n2ccnc2)cc1. The van der Waals surface area contributed by atoms with Crippen molar-refractivity contribution in [3.63, 3.8) is 0 Å². The fourth-order valence-corrected chi connectivity index (χ4v) is 3.67. The molecule has 0 aliphatic heterocycles. The van der Waals surface area contributed by atoms with Crippen molar-refractivity contribution in [1.29, 1.82) is 0 Å². The van der Waals surface area contributed by atoms with Crippen LogP contribution in [0, 0.1) is 0 Å². The highest BCUT2D eigenvalue weighted by Crippen LogP contribution is 2.18. The van der Waals surface area contributed by atoms with Crippen LogP contribution in [0.1, 0.15) is 28.9 Å². The Balaban J connectivity index is 1.74. The maximum Gasteiger partial charge on any atom is 0.251 e. The van der Waals surface area contributed by atoms with Crippen molar-refractivity contribution in [2.45, 2.75) is 17.9 Å². The summed E-state index contributed by atoms with van der Waals surface area (Å²) in [6, 6.07) is 13.6. The van der Waals surface area contributed by atoms with E-state index in [0.717, 1.165) is 15.6 Å². The lowest BCUT2D eigenvalue weighted by Gasteiger charge is -2.16. The highest BCUT2D eigenvalue weighted by Gasteiger charge is 2.19. The van der Waals surface area contributed by atoms with E-state index >= 15 is 0 Å². The van der Waals surface area contributed by atoms with E-state index in [0.29, 0.717) is 5.56 Å². The van der Waals surface area contributed by atoms with Crippen LogP contribution in [0.25, 0.3) is 5.69 Å². The van der Waals surface area contributed by atoms with Gasteiger partial charge < -0.3 is 9.88 Å².